The summed E-state index contributed by atoms with van der Waals surface area (Å²) in [5.41, 5.74) is 2.83. The van der Waals surface area contributed by atoms with Gasteiger partial charge in [0, 0.05) is 10.6 Å². The van der Waals surface area contributed by atoms with Gasteiger partial charge < -0.3 is 10.1 Å². The van der Waals surface area contributed by atoms with Gasteiger partial charge in [0.1, 0.15) is 17.0 Å². The molecular weight excluding hydrogens is 322 g/mol. The fourth-order valence-corrected chi connectivity index (χ4v) is 4.29. The number of anilines is 2. The quantitative estimate of drug-likeness (QED) is 0.725. The number of nitrogens with zero attached hydrogens (tertiary/aromatic N) is 2. The number of esters is 1. The van der Waals surface area contributed by atoms with Crippen molar-refractivity contribution in [1.82, 2.24) is 9.97 Å². The molecule has 1 N–H and O–H groups in total. The van der Waals surface area contributed by atoms with E-state index in [9.17, 15) is 4.79 Å². The first-order valence-corrected chi connectivity index (χ1v) is 8.87. The minimum Gasteiger partial charge on any atom is -0.462 e. The number of hydrogen-bond acceptors (Lipinski definition) is 6. The van der Waals surface area contributed by atoms with Crippen LogP contribution < -0.4 is 5.32 Å². The maximum Gasteiger partial charge on any atom is 0.338 e. The number of thiophene rings is 1. The number of aryl methyl sites for hydroxylation is 2. The van der Waals surface area contributed by atoms with E-state index in [1.54, 1.807) is 36.7 Å². The van der Waals surface area contributed by atoms with E-state index in [0.717, 1.165) is 34.6 Å². The molecule has 0 unspecified atom stereocenters. The van der Waals surface area contributed by atoms with Gasteiger partial charge in [0.25, 0.3) is 0 Å². The highest BCUT2D eigenvalue weighted by Crippen LogP contribution is 2.39. The zero-order valence-electron chi connectivity index (χ0n) is 13.3. The van der Waals surface area contributed by atoms with Crippen LogP contribution in [-0.2, 0) is 17.6 Å². The third-order valence-electron chi connectivity index (χ3n) is 4.16. The van der Waals surface area contributed by atoms with Crippen molar-refractivity contribution in [2.45, 2.75) is 26.2 Å². The number of ether oxygens (including phenoxy) is 1. The number of nitrogens with one attached hydrogen (secondary N) is 1. The summed E-state index contributed by atoms with van der Waals surface area (Å²) in [5.74, 6) is 0.535. The molecule has 1 aliphatic rings. The van der Waals surface area contributed by atoms with E-state index in [2.05, 4.69) is 15.3 Å². The Hall–Kier alpha value is -2.47. The molecule has 0 saturated heterocycles. The van der Waals surface area contributed by atoms with Gasteiger partial charge in [-0.3, -0.25) is 0 Å². The first-order valence-electron chi connectivity index (χ1n) is 8.05. The molecular formula is C18H17N3O2S. The highest BCUT2D eigenvalue weighted by Gasteiger charge is 2.21. The molecule has 122 valence electrons. The van der Waals surface area contributed by atoms with Gasteiger partial charge in [-0.2, -0.15) is 0 Å². The molecule has 2 aromatic heterocycles. The molecule has 0 spiro atoms. The van der Waals surface area contributed by atoms with Crippen molar-refractivity contribution in [1.29, 1.82) is 0 Å². The second-order valence-corrected chi connectivity index (χ2v) is 6.77. The average molecular weight is 339 g/mol. The molecule has 0 radical (unpaired) electrons. The first-order chi connectivity index (χ1) is 11.8. The molecule has 5 nitrogen and oxygen atoms in total. The number of hydrogen-bond donors (Lipinski definition) is 1. The minimum absolute atomic E-state index is 0.302. The number of benzene rings is 1. The van der Waals surface area contributed by atoms with Crippen molar-refractivity contribution in [2.75, 3.05) is 11.9 Å². The van der Waals surface area contributed by atoms with Crippen LogP contribution in [0.1, 0.15) is 34.1 Å². The van der Waals surface area contributed by atoms with Crippen molar-refractivity contribution in [3.05, 3.63) is 46.6 Å². The molecule has 2 heterocycles. The summed E-state index contributed by atoms with van der Waals surface area (Å²) in [6.45, 7) is 2.18. The molecule has 1 aromatic carbocycles. The lowest BCUT2D eigenvalue weighted by atomic mass is 10.1. The molecule has 0 aliphatic heterocycles. The predicted octanol–water partition coefficient (Wildman–Crippen LogP) is 4.10. The standard InChI is InChI=1S/C18H17N3O2S/c1-2-23-18(22)11-6-8-12(9-7-11)21-16-15-13-4-3-5-14(13)24-17(15)20-10-19-16/h6-10H,2-5H2,1H3,(H,19,20,21). The zero-order chi connectivity index (χ0) is 16.5. The Morgan fingerprint density at radius 3 is 2.88 bits per heavy atom. The topological polar surface area (TPSA) is 64.1 Å². The number of carbonyl (C=O) groups excluding carboxylic acids is 1. The zero-order valence-corrected chi connectivity index (χ0v) is 14.2. The molecule has 0 amide bonds. The summed E-state index contributed by atoms with van der Waals surface area (Å²) in [5, 5.41) is 4.51. The largest absolute Gasteiger partial charge is 0.462 e. The SMILES string of the molecule is CCOC(=O)c1ccc(Nc2ncnc3sc4c(c23)CCC4)cc1. The summed E-state index contributed by atoms with van der Waals surface area (Å²) >= 11 is 1.77. The fraction of sp³-hybridized carbons (Fsp3) is 0.278. The maximum absolute atomic E-state index is 11.7. The van der Waals surface area contributed by atoms with Crippen molar-refractivity contribution >= 4 is 39.0 Å². The molecule has 0 fully saturated rings. The van der Waals surface area contributed by atoms with Crippen LogP contribution in [0.3, 0.4) is 0 Å². The van der Waals surface area contributed by atoms with Crippen molar-refractivity contribution in [3.63, 3.8) is 0 Å². The van der Waals surface area contributed by atoms with Crippen molar-refractivity contribution in [2.24, 2.45) is 0 Å². The van der Waals surface area contributed by atoms with Crippen LogP contribution in [0.4, 0.5) is 11.5 Å². The van der Waals surface area contributed by atoms with Crippen molar-refractivity contribution in [3.8, 4) is 0 Å². The van der Waals surface area contributed by atoms with Gasteiger partial charge in [0.05, 0.1) is 17.6 Å². The lowest BCUT2D eigenvalue weighted by molar-refractivity contribution is 0.0526. The van der Waals surface area contributed by atoms with E-state index < -0.39 is 0 Å². The maximum atomic E-state index is 11.7. The Labute approximate surface area is 143 Å². The van der Waals surface area contributed by atoms with E-state index in [1.807, 2.05) is 12.1 Å². The van der Waals surface area contributed by atoms with E-state index in [0.29, 0.717) is 12.2 Å². The van der Waals surface area contributed by atoms with Gasteiger partial charge in [0.15, 0.2) is 0 Å². The number of fused-ring (bicyclic) bond motifs is 3. The van der Waals surface area contributed by atoms with E-state index >= 15 is 0 Å². The van der Waals surface area contributed by atoms with Gasteiger partial charge in [-0.05, 0) is 56.0 Å². The first kappa shape index (κ1) is 15.1. The van der Waals surface area contributed by atoms with Crippen LogP contribution in [0.15, 0.2) is 30.6 Å². The van der Waals surface area contributed by atoms with Crippen LogP contribution >= 0.6 is 11.3 Å². The molecule has 24 heavy (non-hydrogen) atoms. The molecule has 0 saturated carbocycles. The van der Waals surface area contributed by atoms with Crippen LogP contribution in [0.5, 0.6) is 0 Å². The molecule has 6 heteroatoms. The van der Waals surface area contributed by atoms with E-state index in [4.69, 9.17) is 4.74 Å². The summed E-state index contributed by atoms with van der Waals surface area (Å²) < 4.78 is 5.01. The second kappa shape index (κ2) is 6.20. The molecule has 1 aliphatic carbocycles. The Morgan fingerprint density at radius 1 is 1.25 bits per heavy atom. The lowest BCUT2D eigenvalue weighted by Gasteiger charge is -2.08. The Morgan fingerprint density at radius 2 is 2.08 bits per heavy atom. The van der Waals surface area contributed by atoms with Crippen LogP contribution in [0.25, 0.3) is 10.2 Å². The van der Waals surface area contributed by atoms with Crippen molar-refractivity contribution < 1.29 is 9.53 Å². The number of aromatic nitrogens is 2. The van der Waals surface area contributed by atoms with Gasteiger partial charge in [-0.25, -0.2) is 14.8 Å². The van der Waals surface area contributed by atoms with Gasteiger partial charge in [-0.1, -0.05) is 0 Å². The van der Waals surface area contributed by atoms with Gasteiger partial charge >= 0.3 is 5.97 Å². The van der Waals surface area contributed by atoms with Gasteiger partial charge in [0.2, 0.25) is 0 Å². The summed E-state index contributed by atoms with van der Waals surface area (Å²) in [6.07, 6.45) is 5.05. The highest BCUT2D eigenvalue weighted by atomic mass is 32.1. The Bertz CT molecular complexity index is 903. The van der Waals surface area contributed by atoms with E-state index in [1.165, 1.54) is 16.9 Å². The Kier molecular flexibility index (Phi) is 3.90. The summed E-state index contributed by atoms with van der Waals surface area (Å²) in [4.78, 5) is 23.0. The van der Waals surface area contributed by atoms with Gasteiger partial charge in [-0.15, -0.1) is 11.3 Å². The molecule has 4 rings (SSSR count). The average Bonchev–Trinajstić information content (AvgIpc) is 3.17. The Balaban J connectivity index is 1.64. The van der Waals surface area contributed by atoms with Crippen LogP contribution in [0.2, 0.25) is 0 Å². The second-order valence-electron chi connectivity index (χ2n) is 5.68. The number of carbonyl (C=O) groups is 1. The molecule has 3 aromatic rings. The third-order valence-corrected chi connectivity index (χ3v) is 5.36. The monoisotopic (exact) mass is 339 g/mol. The molecule has 0 bridgehead atoms. The highest BCUT2D eigenvalue weighted by molar-refractivity contribution is 7.19. The predicted molar refractivity (Wildman–Crippen MR) is 95.1 cm³/mol. The smallest absolute Gasteiger partial charge is 0.338 e. The van der Waals surface area contributed by atoms with E-state index in [-0.39, 0.29) is 5.97 Å². The minimum atomic E-state index is -0.302. The third kappa shape index (κ3) is 2.63. The molecule has 0 atom stereocenters. The summed E-state index contributed by atoms with van der Waals surface area (Å²) in [7, 11) is 0. The number of rotatable bonds is 4. The lowest BCUT2D eigenvalue weighted by Crippen LogP contribution is -2.04. The summed E-state index contributed by atoms with van der Waals surface area (Å²) in [6, 6.07) is 7.26. The van der Waals surface area contributed by atoms with Crippen LogP contribution in [0, 0.1) is 0 Å². The van der Waals surface area contributed by atoms with Crippen LogP contribution in [-0.4, -0.2) is 22.5 Å². The fourth-order valence-electron chi connectivity index (χ4n) is 3.06. The normalized spacial score (nSPS) is 13.0.